The predicted molar refractivity (Wildman–Crippen MR) is 95.6 cm³/mol. The summed E-state index contributed by atoms with van der Waals surface area (Å²) in [7, 11) is 0. The monoisotopic (exact) mass is 323 g/mol. The quantitative estimate of drug-likeness (QED) is 0.470. The van der Waals surface area contributed by atoms with Crippen LogP contribution in [0.2, 0.25) is 5.02 Å². The molecule has 0 heterocycles. The van der Waals surface area contributed by atoms with Gasteiger partial charge in [0.15, 0.2) is 0 Å². The fraction of sp³-hybridized carbons (Fsp3) is 0.632. The highest BCUT2D eigenvalue weighted by Gasteiger charge is 2.04. The van der Waals surface area contributed by atoms with Crippen LogP contribution in [0.15, 0.2) is 24.3 Å². The summed E-state index contributed by atoms with van der Waals surface area (Å²) in [5.41, 5.74) is 0.638. The highest BCUT2D eigenvalue weighted by Crippen LogP contribution is 2.11. The zero-order chi connectivity index (χ0) is 16.0. The Morgan fingerprint density at radius 3 is 2.14 bits per heavy atom. The van der Waals surface area contributed by atoms with Gasteiger partial charge in [0.2, 0.25) is 0 Å². The van der Waals surface area contributed by atoms with E-state index >= 15 is 0 Å². The molecule has 0 saturated carbocycles. The molecule has 0 aromatic heterocycles. The van der Waals surface area contributed by atoms with Crippen LogP contribution in [-0.2, 0) is 0 Å². The first-order valence-electron chi connectivity index (χ1n) is 8.78. The summed E-state index contributed by atoms with van der Waals surface area (Å²) in [4.78, 5) is 11.9. The van der Waals surface area contributed by atoms with Crippen molar-refractivity contribution in [1.82, 2.24) is 5.32 Å². The number of nitrogens with one attached hydrogen (secondary N) is 1. The number of rotatable bonds is 12. The number of hydrogen-bond donors (Lipinski definition) is 1. The minimum absolute atomic E-state index is 0.0292. The van der Waals surface area contributed by atoms with Crippen LogP contribution >= 0.6 is 11.6 Å². The molecule has 0 bridgehead atoms. The predicted octanol–water partition coefficient (Wildman–Crippen LogP) is 5.99. The molecule has 0 aliphatic rings. The molecule has 1 aromatic rings. The van der Waals surface area contributed by atoms with Crippen LogP contribution < -0.4 is 5.32 Å². The van der Waals surface area contributed by atoms with Crippen LogP contribution in [0.4, 0.5) is 0 Å². The van der Waals surface area contributed by atoms with E-state index in [1.54, 1.807) is 24.3 Å². The summed E-state index contributed by atoms with van der Waals surface area (Å²) in [5, 5.41) is 3.56. The fourth-order valence-corrected chi connectivity index (χ4v) is 2.74. The van der Waals surface area contributed by atoms with Crippen LogP contribution in [0.5, 0.6) is 0 Å². The summed E-state index contributed by atoms with van der Waals surface area (Å²) in [6, 6.07) is 7.08. The highest BCUT2D eigenvalue weighted by atomic mass is 35.5. The number of carbonyl (C=O) groups excluding carboxylic acids is 1. The van der Waals surface area contributed by atoms with Crippen LogP contribution in [0.25, 0.3) is 0 Å². The Kier molecular flexibility index (Phi) is 10.8. The lowest BCUT2D eigenvalue weighted by Gasteiger charge is -2.06. The van der Waals surface area contributed by atoms with Crippen LogP contribution in [-0.4, -0.2) is 12.5 Å². The van der Waals surface area contributed by atoms with Gasteiger partial charge in [0, 0.05) is 17.1 Å². The maximum Gasteiger partial charge on any atom is 0.251 e. The third-order valence-electron chi connectivity index (χ3n) is 3.90. The van der Waals surface area contributed by atoms with E-state index in [1.165, 1.54) is 57.8 Å². The molecule has 0 fully saturated rings. The molecule has 0 spiro atoms. The fourth-order valence-electron chi connectivity index (χ4n) is 2.55. The molecule has 2 nitrogen and oxygen atoms in total. The Hall–Kier alpha value is -1.02. The second kappa shape index (κ2) is 12.5. The van der Waals surface area contributed by atoms with E-state index in [2.05, 4.69) is 12.2 Å². The van der Waals surface area contributed by atoms with Gasteiger partial charge in [-0.1, -0.05) is 82.4 Å². The maximum absolute atomic E-state index is 11.9. The molecular weight excluding hydrogens is 294 g/mol. The Balaban J connectivity index is 1.94. The van der Waals surface area contributed by atoms with Gasteiger partial charge in [0.25, 0.3) is 5.91 Å². The summed E-state index contributed by atoms with van der Waals surface area (Å²) < 4.78 is 0. The molecule has 1 amide bonds. The van der Waals surface area contributed by atoms with Gasteiger partial charge in [-0.3, -0.25) is 4.79 Å². The van der Waals surface area contributed by atoms with Crippen LogP contribution in [0.1, 0.15) is 81.5 Å². The van der Waals surface area contributed by atoms with E-state index in [9.17, 15) is 4.79 Å². The Labute approximate surface area is 140 Å². The first-order valence-corrected chi connectivity index (χ1v) is 9.15. The molecule has 22 heavy (non-hydrogen) atoms. The van der Waals surface area contributed by atoms with Gasteiger partial charge in [-0.15, -0.1) is 0 Å². The number of hydrogen-bond acceptors (Lipinski definition) is 1. The van der Waals surface area contributed by atoms with Gasteiger partial charge in [-0.05, 0) is 24.6 Å². The van der Waals surface area contributed by atoms with Crippen molar-refractivity contribution in [2.75, 3.05) is 6.54 Å². The highest BCUT2D eigenvalue weighted by molar-refractivity contribution is 6.30. The van der Waals surface area contributed by atoms with Crippen molar-refractivity contribution in [3.05, 3.63) is 34.9 Å². The third kappa shape index (κ3) is 9.09. The van der Waals surface area contributed by atoms with Crippen molar-refractivity contribution in [3.63, 3.8) is 0 Å². The summed E-state index contributed by atoms with van der Waals surface area (Å²) >= 11 is 5.88. The average molecular weight is 324 g/mol. The lowest BCUT2D eigenvalue weighted by Crippen LogP contribution is -2.24. The lowest BCUT2D eigenvalue weighted by atomic mass is 10.1. The minimum Gasteiger partial charge on any atom is -0.352 e. The van der Waals surface area contributed by atoms with E-state index in [0.29, 0.717) is 10.6 Å². The number of unbranched alkanes of at least 4 members (excludes halogenated alkanes) is 9. The summed E-state index contributed by atoms with van der Waals surface area (Å²) in [5.74, 6) is -0.0292. The van der Waals surface area contributed by atoms with Gasteiger partial charge >= 0.3 is 0 Å². The van der Waals surface area contributed by atoms with Gasteiger partial charge in [-0.25, -0.2) is 0 Å². The molecular formula is C19H30ClNO. The average Bonchev–Trinajstić information content (AvgIpc) is 2.52. The second-order valence-electron chi connectivity index (χ2n) is 5.95. The molecule has 124 valence electrons. The van der Waals surface area contributed by atoms with E-state index in [-0.39, 0.29) is 5.91 Å². The number of amides is 1. The number of benzene rings is 1. The second-order valence-corrected chi connectivity index (χ2v) is 6.38. The number of halogens is 1. The zero-order valence-corrected chi connectivity index (χ0v) is 14.6. The molecule has 0 unspecified atom stereocenters. The van der Waals surface area contributed by atoms with Crippen molar-refractivity contribution in [2.45, 2.75) is 71.1 Å². The summed E-state index contributed by atoms with van der Waals surface area (Å²) in [6.07, 6.45) is 13.1. The number of carbonyl (C=O) groups is 1. The molecule has 0 saturated heterocycles. The Bertz CT molecular complexity index is 420. The Morgan fingerprint density at radius 2 is 1.55 bits per heavy atom. The van der Waals surface area contributed by atoms with Crippen molar-refractivity contribution in [1.29, 1.82) is 0 Å². The largest absolute Gasteiger partial charge is 0.352 e. The van der Waals surface area contributed by atoms with E-state index < -0.39 is 0 Å². The molecule has 0 radical (unpaired) electrons. The molecule has 1 N–H and O–H groups in total. The van der Waals surface area contributed by atoms with Crippen LogP contribution in [0, 0.1) is 0 Å². The van der Waals surface area contributed by atoms with Crippen molar-refractivity contribution < 1.29 is 4.79 Å². The minimum atomic E-state index is -0.0292. The van der Waals surface area contributed by atoms with Crippen molar-refractivity contribution >= 4 is 17.5 Å². The smallest absolute Gasteiger partial charge is 0.251 e. The topological polar surface area (TPSA) is 29.1 Å². The normalized spacial score (nSPS) is 10.6. The van der Waals surface area contributed by atoms with E-state index in [4.69, 9.17) is 11.6 Å². The third-order valence-corrected chi connectivity index (χ3v) is 4.14. The molecule has 0 aliphatic heterocycles. The van der Waals surface area contributed by atoms with Gasteiger partial charge in [0.1, 0.15) is 0 Å². The van der Waals surface area contributed by atoms with E-state index in [1.807, 2.05) is 0 Å². The first kappa shape index (κ1) is 19.0. The van der Waals surface area contributed by atoms with Crippen molar-refractivity contribution in [2.24, 2.45) is 0 Å². The Morgan fingerprint density at radius 1 is 0.955 bits per heavy atom. The SMILES string of the molecule is CCCCCCCCCCCCNC(=O)c1cccc(Cl)c1. The van der Waals surface area contributed by atoms with E-state index in [0.717, 1.165) is 13.0 Å². The molecule has 3 heteroatoms. The van der Waals surface area contributed by atoms with Gasteiger partial charge in [0.05, 0.1) is 0 Å². The maximum atomic E-state index is 11.9. The van der Waals surface area contributed by atoms with Gasteiger partial charge in [-0.2, -0.15) is 0 Å². The molecule has 1 rings (SSSR count). The molecule has 0 aliphatic carbocycles. The standard InChI is InChI=1S/C19H30ClNO/c1-2-3-4-5-6-7-8-9-10-11-15-21-19(22)17-13-12-14-18(20)16-17/h12-14,16H,2-11,15H2,1H3,(H,21,22). The van der Waals surface area contributed by atoms with Gasteiger partial charge < -0.3 is 5.32 Å². The van der Waals surface area contributed by atoms with Crippen molar-refractivity contribution in [3.8, 4) is 0 Å². The zero-order valence-electron chi connectivity index (χ0n) is 13.9. The summed E-state index contributed by atoms with van der Waals surface area (Å²) in [6.45, 7) is 3.01. The molecule has 0 atom stereocenters. The molecule has 1 aromatic carbocycles. The van der Waals surface area contributed by atoms with Crippen LogP contribution in [0.3, 0.4) is 0 Å². The first-order chi connectivity index (χ1) is 10.7. The lowest BCUT2D eigenvalue weighted by molar-refractivity contribution is 0.0953.